The number of carbonyl (C=O) groups is 3. The van der Waals surface area contributed by atoms with Crippen LogP contribution in [0.15, 0.2) is 40.9 Å². The number of amidine groups is 1. The Bertz CT molecular complexity index is 1020. The second kappa shape index (κ2) is 16.5. The van der Waals surface area contributed by atoms with E-state index in [1.54, 1.807) is 19.1 Å². The number of aliphatic imine (C=N–C) groups is 1. The SMILES string of the molecule is COC(=O)C[C@@H]1CC(CO)[C@H](O)C(/C=C/C(C)=C/CC2OC(C)C(NC(=O)/C=C\C(C)C(N)=NC(C)=O)CC2C)O1. The molecule has 0 radical (unpaired) electrons. The van der Waals surface area contributed by atoms with Gasteiger partial charge in [-0.05, 0) is 45.1 Å². The largest absolute Gasteiger partial charge is 0.469 e. The molecule has 41 heavy (non-hydrogen) atoms. The lowest BCUT2D eigenvalue weighted by Crippen LogP contribution is -2.50. The van der Waals surface area contributed by atoms with Gasteiger partial charge in [-0.15, -0.1) is 0 Å². The smallest absolute Gasteiger partial charge is 0.308 e. The van der Waals surface area contributed by atoms with Crippen LogP contribution in [-0.2, 0) is 28.6 Å². The van der Waals surface area contributed by atoms with Crippen LogP contribution in [0.4, 0.5) is 0 Å². The van der Waals surface area contributed by atoms with Gasteiger partial charge in [0.1, 0.15) is 11.9 Å². The molecule has 0 bridgehead atoms. The van der Waals surface area contributed by atoms with E-state index in [4.69, 9.17) is 19.9 Å². The summed E-state index contributed by atoms with van der Waals surface area (Å²) in [5.74, 6) is -1.42. The second-order valence-corrected chi connectivity index (χ2v) is 11.1. The summed E-state index contributed by atoms with van der Waals surface area (Å²) >= 11 is 0. The topological polar surface area (TPSA) is 170 Å². The monoisotopic (exact) mass is 577 g/mol. The molecule has 0 saturated carbocycles. The number of nitrogens with zero attached hydrogens (tertiary/aromatic N) is 1. The molecule has 0 spiro atoms. The van der Waals surface area contributed by atoms with Gasteiger partial charge in [0.15, 0.2) is 0 Å². The molecule has 2 amide bonds. The van der Waals surface area contributed by atoms with E-state index in [9.17, 15) is 24.6 Å². The van der Waals surface area contributed by atoms with E-state index in [0.29, 0.717) is 12.8 Å². The van der Waals surface area contributed by atoms with Gasteiger partial charge in [0, 0.05) is 25.4 Å². The fourth-order valence-corrected chi connectivity index (χ4v) is 5.02. The molecule has 7 unspecified atom stereocenters. The number of hydrogen-bond acceptors (Lipinski definition) is 8. The van der Waals surface area contributed by atoms with Gasteiger partial charge in [0.05, 0.1) is 44.0 Å². The standard InChI is InChI=1S/C30H47N3O8/c1-17(8-11-26-29(38)22(16-34)14-23(41-26)15-28(37)39-6)7-10-25-19(3)13-24(20(4)40-25)33-27(36)12-9-18(2)30(31)32-21(5)35/h7-9,11-12,18-20,22-26,29,34,38H,10,13-16H2,1-6H3,(H,33,36)(H2,31,32,35)/b11-8+,12-9-,17-7+/t18?,19?,20?,22?,23-,24?,25?,26?,29-/m0/s1. The van der Waals surface area contributed by atoms with Gasteiger partial charge in [0.2, 0.25) is 11.8 Å². The summed E-state index contributed by atoms with van der Waals surface area (Å²) in [5, 5.41) is 23.3. The second-order valence-electron chi connectivity index (χ2n) is 11.1. The Kier molecular flexibility index (Phi) is 13.9. The highest BCUT2D eigenvalue weighted by Crippen LogP contribution is 2.30. The predicted octanol–water partition coefficient (Wildman–Crippen LogP) is 1.96. The van der Waals surface area contributed by atoms with Crippen LogP contribution in [0.5, 0.6) is 0 Å². The third kappa shape index (κ3) is 11.1. The zero-order valence-electron chi connectivity index (χ0n) is 25.0. The predicted molar refractivity (Wildman–Crippen MR) is 155 cm³/mol. The van der Waals surface area contributed by atoms with Crippen molar-refractivity contribution in [2.45, 2.75) is 96.9 Å². The minimum Gasteiger partial charge on any atom is -0.469 e. The molecule has 2 rings (SSSR count). The molecular weight excluding hydrogens is 530 g/mol. The van der Waals surface area contributed by atoms with E-state index in [0.717, 1.165) is 12.0 Å². The number of methoxy groups -OCH3 is 1. The molecule has 0 aliphatic carbocycles. The number of hydrogen-bond donors (Lipinski definition) is 4. The quantitative estimate of drug-likeness (QED) is 0.0942. The summed E-state index contributed by atoms with van der Waals surface area (Å²) < 4.78 is 16.9. The van der Waals surface area contributed by atoms with Crippen LogP contribution in [-0.4, -0.2) is 84.1 Å². The number of amides is 2. The Morgan fingerprint density at radius 1 is 1.17 bits per heavy atom. The molecule has 0 aromatic carbocycles. The van der Waals surface area contributed by atoms with E-state index in [2.05, 4.69) is 23.3 Å². The lowest BCUT2D eigenvalue weighted by atomic mass is 9.87. The van der Waals surface area contributed by atoms with E-state index >= 15 is 0 Å². The van der Waals surface area contributed by atoms with Crippen molar-refractivity contribution in [2.24, 2.45) is 28.5 Å². The van der Waals surface area contributed by atoms with Crippen molar-refractivity contribution in [1.82, 2.24) is 5.32 Å². The maximum Gasteiger partial charge on any atom is 0.308 e. The van der Waals surface area contributed by atoms with Crippen molar-refractivity contribution >= 4 is 23.6 Å². The molecule has 2 aliphatic heterocycles. The summed E-state index contributed by atoms with van der Waals surface area (Å²) in [6.45, 7) is 8.86. The summed E-state index contributed by atoms with van der Waals surface area (Å²) in [6.07, 6.45) is 8.39. The summed E-state index contributed by atoms with van der Waals surface area (Å²) in [7, 11) is 1.32. The molecule has 2 saturated heterocycles. The Morgan fingerprint density at radius 2 is 1.88 bits per heavy atom. The van der Waals surface area contributed by atoms with Crippen LogP contribution in [0, 0.1) is 17.8 Å². The Balaban J connectivity index is 1.91. The molecule has 2 aliphatic rings. The fraction of sp³-hybridized carbons (Fsp3) is 0.667. The lowest BCUT2D eigenvalue weighted by molar-refractivity contribution is -0.158. The third-order valence-corrected chi connectivity index (χ3v) is 7.65. The molecule has 5 N–H and O–H groups in total. The number of aliphatic hydroxyl groups is 2. The van der Waals surface area contributed by atoms with Gasteiger partial charge in [0.25, 0.3) is 0 Å². The van der Waals surface area contributed by atoms with Crippen LogP contribution < -0.4 is 11.1 Å². The van der Waals surface area contributed by atoms with Gasteiger partial charge in [-0.25, -0.2) is 4.99 Å². The lowest BCUT2D eigenvalue weighted by Gasteiger charge is -2.39. The first-order valence-corrected chi connectivity index (χ1v) is 14.2. The minimum absolute atomic E-state index is 0.0283. The number of nitrogens with two attached hydrogens (primary N) is 1. The van der Waals surface area contributed by atoms with Crippen molar-refractivity contribution in [3.63, 3.8) is 0 Å². The van der Waals surface area contributed by atoms with Crippen molar-refractivity contribution in [3.8, 4) is 0 Å². The highest BCUT2D eigenvalue weighted by atomic mass is 16.5. The van der Waals surface area contributed by atoms with E-state index < -0.39 is 24.3 Å². The molecule has 0 aromatic rings. The molecular formula is C30H47N3O8. The minimum atomic E-state index is -0.878. The van der Waals surface area contributed by atoms with Crippen LogP contribution in [0.2, 0.25) is 0 Å². The first-order chi connectivity index (χ1) is 19.3. The fourth-order valence-electron chi connectivity index (χ4n) is 5.02. The highest BCUT2D eigenvalue weighted by molar-refractivity contribution is 5.95. The van der Waals surface area contributed by atoms with Gasteiger partial charge in [-0.3, -0.25) is 14.4 Å². The van der Waals surface area contributed by atoms with Crippen LogP contribution >= 0.6 is 0 Å². The number of carbonyl (C=O) groups excluding carboxylic acids is 3. The van der Waals surface area contributed by atoms with Crippen LogP contribution in [0.25, 0.3) is 0 Å². The number of aliphatic hydroxyl groups excluding tert-OH is 2. The van der Waals surface area contributed by atoms with E-state index in [1.807, 2.05) is 19.9 Å². The van der Waals surface area contributed by atoms with Gasteiger partial charge in [-0.2, -0.15) is 0 Å². The van der Waals surface area contributed by atoms with Crippen LogP contribution in [0.3, 0.4) is 0 Å². The molecule has 2 heterocycles. The Labute approximate surface area is 242 Å². The Morgan fingerprint density at radius 3 is 2.51 bits per heavy atom. The third-order valence-electron chi connectivity index (χ3n) is 7.65. The zero-order chi connectivity index (χ0) is 30.7. The first kappa shape index (κ1) is 34.3. The maximum absolute atomic E-state index is 12.5. The van der Waals surface area contributed by atoms with E-state index in [1.165, 1.54) is 20.1 Å². The summed E-state index contributed by atoms with van der Waals surface area (Å²) in [6, 6.07) is -0.149. The average molecular weight is 578 g/mol. The molecule has 11 heteroatoms. The van der Waals surface area contributed by atoms with Gasteiger partial charge in [-0.1, -0.05) is 43.7 Å². The van der Waals surface area contributed by atoms with E-state index in [-0.39, 0.29) is 66.7 Å². The van der Waals surface area contributed by atoms with Gasteiger partial charge < -0.3 is 35.5 Å². The molecule has 9 atom stereocenters. The highest BCUT2D eigenvalue weighted by Gasteiger charge is 2.37. The van der Waals surface area contributed by atoms with Gasteiger partial charge >= 0.3 is 5.97 Å². The van der Waals surface area contributed by atoms with Crippen molar-refractivity contribution < 1.29 is 38.8 Å². The average Bonchev–Trinajstić information content (AvgIpc) is 2.92. The Hall–Kier alpha value is -2.86. The molecule has 2 fully saturated rings. The number of nitrogens with one attached hydrogen (secondary N) is 1. The number of ether oxygens (including phenoxy) is 3. The van der Waals surface area contributed by atoms with Crippen LogP contribution in [0.1, 0.15) is 60.3 Å². The number of allylic oxidation sites excluding steroid dienone is 2. The normalized spacial score (nSPS) is 32.2. The maximum atomic E-state index is 12.5. The summed E-state index contributed by atoms with van der Waals surface area (Å²) in [4.78, 5) is 38.9. The molecule has 230 valence electrons. The molecule has 0 aromatic heterocycles. The number of rotatable bonds is 11. The summed E-state index contributed by atoms with van der Waals surface area (Å²) in [5.41, 5.74) is 6.73. The van der Waals surface area contributed by atoms with Crippen molar-refractivity contribution in [3.05, 3.63) is 36.0 Å². The first-order valence-electron chi connectivity index (χ1n) is 14.2. The number of esters is 1. The van der Waals surface area contributed by atoms with Crippen molar-refractivity contribution in [1.29, 1.82) is 0 Å². The van der Waals surface area contributed by atoms with Crippen molar-refractivity contribution in [2.75, 3.05) is 13.7 Å². The molecule has 11 nitrogen and oxygen atoms in total. The zero-order valence-corrected chi connectivity index (χ0v) is 25.0.